The number of ether oxygens (including phenoxy) is 1. The van der Waals surface area contributed by atoms with E-state index in [1.165, 1.54) is 5.56 Å². The summed E-state index contributed by atoms with van der Waals surface area (Å²) in [5, 5.41) is 0. The van der Waals surface area contributed by atoms with Crippen molar-refractivity contribution in [3.05, 3.63) is 23.8 Å². The Morgan fingerprint density at radius 2 is 2.19 bits per heavy atom. The van der Waals surface area contributed by atoms with E-state index in [0.29, 0.717) is 6.42 Å². The molecule has 0 fully saturated rings. The van der Waals surface area contributed by atoms with Gasteiger partial charge >= 0.3 is 0 Å². The Bertz CT molecular complexity index is 401. The minimum atomic E-state index is 0.190. The Labute approximate surface area is 96.0 Å². The van der Waals surface area contributed by atoms with Gasteiger partial charge in [0.15, 0.2) is 0 Å². The molecule has 1 aromatic carbocycles. The van der Waals surface area contributed by atoms with Crippen molar-refractivity contribution in [3.63, 3.8) is 0 Å². The van der Waals surface area contributed by atoms with Crippen LogP contribution in [0.1, 0.15) is 25.3 Å². The first kappa shape index (κ1) is 11.0. The number of nitrogens with zero attached hydrogens (tertiary/aromatic N) is 1. The molecule has 0 spiro atoms. The molecule has 1 heterocycles. The highest BCUT2D eigenvalue weighted by Gasteiger charge is 2.20. The molecule has 0 saturated carbocycles. The van der Waals surface area contributed by atoms with Gasteiger partial charge in [0, 0.05) is 19.2 Å². The molecule has 0 radical (unpaired) electrons. The summed E-state index contributed by atoms with van der Waals surface area (Å²) in [5.41, 5.74) is 2.22. The van der Waals surface area contributed by atoms with E-state index >= 15 is 0 Å². The van der Waals surface area contributed by atoms with Crippen LogP contribution >= 0.6 is 0 Å². The standard InChI is InChI=1S/C13H17NO2/c1-3-8-16-11-5-6-12-10(9-11)4-7-13(15)14(12)2/h5-6,9H,3-4,7-8H2,1-2H3. The van der Waals surface area contributed by atoms with Crippen molar-refractivity contribution in [3.8, 4) is 5.75 Å². The van der Waals surface area contributed by atoms with Crippen LogP contribution in [0.4, 0.5) is 5.69 Å². The molecule has 1 amide bonds. The summed E-state index contributed by atoms with van der Waals surface area (Å²) in [5.74, 6) is 1.10. The zero-order valence-corrected chi connectivity index (χ0v) is 9.82. The lowest BCUT2D eigenvalue weighted by molar-refractivity contribution is -0.118. The predicted molar refractivity (Wildman–Crippen MR) is 64.0 cm³/mol. The molecule has 3 nitrogen and oxygen atoms in total. The molecule has 2 rings (SSSR count). The first-order chi connectivity index (χ1) is 7.72. The van der Waals surface area contributed by atoms with Crippen molar-refractivity contribution < 1.29 is 9.53 Å². The predicted octanol–water partition coefficient (Wildman–Crippen LogP) is 2.38. The molecule has 3 heteroatoms. The summed E-state index contributed by atoms with van der Waals surface area (Å²) in [7, 11) is 1.83. The number of aryl methyl sites for hydroxylation is 1. The van der Waals surface area contributed by atoms with Gasteiger partial charge in [-0.2, -0.15) is 0 Å². The monoisotopic (exact) mass is 219 g/mol. The summed E-state index contributed by atoms with van der Waals surface area (Å²) in [6.07, 6.45) is 2.43. The van der Waals surface area contributed by atoms with E-state index in [9.17, 15) is 4.79 Å². The van der Waals surface area contributed by atoms with Crippen LogP contribution in [0.2, 0.25) is 0 Å². The third-order valence-corrected chi connectivity index (χ3v) is 2.87. The van der Waals surface area contributed by atoms with Crippen molar-refractivity contribution in [2.75, 3.05) is 18.6 Å². The number of fused-ring (bicyclic) bond motifs is 1. The first-order valence-corrected chi connectivity index (χ1v) is 5.74. The number of carbonyl (C=O) groups is 1. The van der Waals surface area contributed by atoms with Crippen molar-refractivity contribution in [1.29, 1.82) is 0 Å². The quantitative estimate of drug-likeness (QED) is 0.781. The molecule has 0 bridgehead atoms. The van der Waals surface area contributed by atoms with Gasteiger partial charge in [-0.25, -0.2) is 0 Å². The number of hydrogen-bond donors (Lipinski definition) is 0. The molecular formula is C13H17NO2. The zero-order valence-electron chi connectivity index (χ0n) is 9.82. The number of rotatable bonds is 3. The number of benzene rings is 1. The van der Waals surface area contributed by atoms with Gasteiger partial charge in [-0.3, -0.25) is 4.79 Å². The van der Waals surface area contributed by atoms with Crippen molar-refractivity contribution in [1.82, 2.24) is 0 Å². The molecule has 1 aromatic rings. The molecule has 0 atom stereocenters. The van der Waals surface area contributed by atoms with Gasteiger partial charge in [0.1, 0.15) is 5.75 Å². The van der Waals surface area contributed by atoms with E-state index in [1.54, 1.807) is 4.90 Å². The summed E-state index contributed by atoms with van der Waals surface area (Å²) in [4.78, 5) is 13.2. The van der Waals surface area contributed by atoms with Gasteiger partial charge in [0.05, 0.1) is 6.61 Å². The van der Waals surface area contributed by atoms with Crippen molar-refractivity contribution >= 4 is 11.6 Å². The smallest absolute Gasteiger partial charge is 0.227 e. The third-order valence-electron chi connectivity index (χ3n) is 2.87. The number of anilines is 1. The molecule has 0 N–H and O–H groups in total. The summed E-state index contributed by atoms with van der Waals surface area (Å²) >= 11 is 0. The van der Waals surface area contributed by atoms with Crippen LogP contribution in [0, 0.1) is 0 Å². The molecule has 0 aliphatic carbocycles. The van der Waals surface area contributed by atoms with Crippen molar-refractivity contribution in [2.24, 2.45) is 0 Å². The van der Waals surface area contributed by atoms with Gasteiger partial charge < -0.3 is 9.64 Å². The van der Waals surface area contributed by atoms with Gasteiger partial charge in [0.25, 0.3) is 0 Å². The van der Waals surface area contributed by atoms with Gasteiger partial charge in [0.2, 0.25) is 5.91 Å². The summed E-state index contributed by atoms with van der Waals surface area (Å²) < 4.78 is 5.58. The highest BCUT2D eigenvalue weighted by Crippen LogP contribution is 2.30. The van der Waals surface area contributed by atoms with Gasteiger partial charge in [-0.05, 0) is 36.6 Å². The van der Waals surface area contributed by atoms with Crippen molar-refractivity contribution in [2.45, 2.75) is 26.2 Å². The minimum Gasteiger partial charge on any atom is -0.494 e. The molecular weight excluding hydrogens is 202 g/mol. The fourth-order valence-corrected chi connectivity index (χ4v) is 1.94. The molecule has 1 aliphatic rings. The summed E-state index contributed by atoms with van der Waals surface area (Å²) in [6, 6.07) is 5.95. The fourth-order valence-electron chi connectivity index (χ4n) is 1.94. The van der Waals surface area contributed by atoms with E-state index in [1.807, 2.05) is 25.2 Å². The Hall–Kier alpha value is -1.51. The second kappa shape index (κ2) is 4.56. The normalized spacial score (nSPS) is 14.9. The lowest BCUT2D eigenvalue weighted by Gasteiger charge is -2.26. The highest BCUT2D eigenvalue weighted by atomic mass is 16.5. The summed E-state index contributed by atoms with van der Waals surface area (Å²) in [6.45, 7) is 2.83. The van der Waals surface area contributed by atoms with Crippen LogP contribution in [-0.2, 0) is 11.2 Å². The SMILES string of the molecule is CCCOc1ccc2c(c1)CCC(=O)N2C. The molecule has 0 saturated heterocycles. The maximum atomic E-state index is 11.5. The van der Waals surface area contributed by atoms with Gasteiger partial charge in [-0.15, -0.1) is 0 Å². The molecule has 0 aromatic heterocycles. The maximum absolute atomic E-state index is 11.5. The van der Waals surface area contributed by atoms with Crippen LogP contribution in [0.25, 0.3) is 0 Å². The van der Waals surface area contributed by atoms with Crippen LogP contribution in [0.3, 0.4) is 0 Å². The van der Waals surface area contributed by atoms with Crippen LogP contribution in [0.15, 0.2) is 18.2 Å². The largest absolute Gasteiger partial charge is 0.494 e. The molecule has 1 aliphatic heterocycles. The van der Waals surface area contributed by atoms with Crippen LogP contribution < -0.4 is 9.64 Å². The maximum Gasteiger partial charge on any atom is 0.227 e. The van der Waals surface area contributed by atoms with Crippen LogP contribution in [0.5, 0.6) is 5.75 Å². The number of carbonyl (C=O) groups excluding carboxylic acids is 1. The van der Waals surface area contributed by atoms with Crippen LogP contribution in [-0.4, -0.2) is 19.6 Å². The average molecular weight is 219 g/mol. The van der Waals surface area contributed by atoms with Gasteiger partial charge in [-0.1, -0.05) is 6.92 Å². The number of amides is 1. The Balaban J connectivity index is 2.23. The second-order valence-electron chi connectivity index (χ2n) is 4.09. The molecule has 16 heavy (non-hydrogen) atoms. The highest BCUT2D eigenvalue weighted by molar-refractivity contribution is 5.95. The number of hydrogen-bond acceptors (Lipinski definition) is 2. The van der Waals surface area contributed by atoms with E-state index in [2.05, 4.69) is 6.92 Å². The first-order valence-electron chi connectivity index (χ1n) is 5.74. The van der Waals surface area contributed by atoms with E-state index in [4.69, 9.17) is 4.74 Å². The van der Waals surface area contributed by atoms with E-state index < -0.39 is 0 Å². The Kier molecular flexibility index (Phi) is 3.13. The average Bonchev–Trinajstić information content (AvgIpc) is 2.31. The second-order valence-corrected chi connectivity index (χ2v) is 4.09. The zero-order chi connectivity index (χ0) is 11.5. The van der Waals surface area contributed by atoms with E-state index in [-0.39, 0.29) is 5.91 Å². The lowest BCUT2D eigenvalue weighted by atomic mass is 10.0. The topological polar surface area (TPSA) is 29.5 Å². The third kappa shape index (κ3) is 2.03. The molecule has 0 unspecified atom stereocenters. The molecule has 86 valence electrons. The van der Waals surface area contributed by atoms with E-state index in [0.717, 1.165) is 30.9 Å². The lowest BCUT2D eigenvalue weighted by Crippen LogP contribution is -2.30. The Morgan fingerprint density at radius 1 is 1.38 bits per heavy atom. The minimum absolute atomic E-state index is 0.190. The Morgan fingerprint density at radius 3 is 2.94 bits per heavy atom. The fraction of sp³-hybridized carbons (Fsp3) is 0.462.